The summed E-state index contributed by atoms with van der Waals surface area (Å²) in [5, 5.41) is 8.63. The highest BCUT2D eigenvalue weighted by molar-refractivity contribution is 14.1. The summed E-state index contributed by atoms with van der Waals surface area (Å²) in [6, 6.07) is -0.803. The molecule has 78 valence electrons. The number of carboxylic acid groups (broad SMARTS) is 1. The molecule has 0 fully saturated rings. The van der Waals surface area contributed by atoms with Gasteiger partial charge in [-0.15, -0.1) is 0 Å². The Morgan fingerprint density at radius 3 is 2.93 bits per heavy atom. The molecule has 3 N–H and O–H groups in total. The summed E-state index contributed by atoms with van der Waals surface area (Å²) in [5.41, 5.74) is 6.42. The van der Waals surface area contributed by atoms with Gasteiger partial charge < -0.3 is 10.8 Å². The molecule has 0 saturated carbocycles. The second-order valence-corrected chi connectivity index (χ2v) is 8.05. The van der Waals surface area contributed by atoms with Crippen LogP contribution in [0.5, 0.6) is 0 Å². The van der Waals surface area contributed by atoms with Crippen LogP contribution in [0.25, 0.3) is 0 Å². The van der Waals surface area contributed by atoms with E-state index >= 15 is 0 Å². The first-order valence-corrected chi connectivity index (χ1v) is 6.02. The smallest absolute Gasteiger partial charge is 0.320 e. The number of hydrogen-bond acceptors (Lipinski definition) is 2. The third kappa shape index (κ3) is 3.70. The summed E-state index contributed by atoms with van der Waals surface area (Å²) in [6.45, 7) is 0. The Labute approximate surface area is 105 Å². The fraction of sp³-hybridized carbons (Fsp3) is 0.444. The predicted molar refractivity (Wildman–Crippen MR) is 67.7 cm³/mol. The lowest BCUT2D eigenvalue weighted by molar-refractivity contribution is -0.138. The molecule has 0 aromatic rings. The molecule has 2 unspecified atom stereocenters. The zero-order chi connectivity index (χ0) is 10.8. The minimum atomic E-state index is -0.954. The Bertz CT molecular complexity index is 299. The minimum Gasteiger partial charge on any atom is -0.480 e. The van der Waals surface area contributed by atoms with Gasteiger partial charge in [-0.2, -0.15) is 0 Å². The molecular weight excluding hydrogens is 361 g/mol. The average molecular weight is 372 g/mol. The zero-order valence-corrected chi connectivity index (χ0v) is 11.2. The molecule has 1 aliphatic carbocycles. The van der Waals surface area contributed by atoms with Crippen molar-refractivity contribution in [3.63, 3.8) is 0 Å². The lowest BCUT2D eigenvalue weighted by Crippen LogP contribution is -2.30. The van der Waals surface area contributed by atoms with Crippen molar-refractivity contribution in [2.75, 3.05) is 0 Å². The van der Waals surface area contributed by atoms with Crippen LogP contribution in [0.2, 0.25) is 0 Å². The third-order valence-electron chi connectivity index (χ3n) is 1.95. The van der Waals surface area contributed by atoms with Crippen LogP contribution in [0.15, 0.2) is 23.8 Å². The fourth-order valence-electron chi connectivity index (χ4n) is 1.12. The Morgan fingerprint density at radius 1 is 1.86 bits per heavy atom. The van der Waals surface area contributed by atoms with Gasteiger partial charge in [-0.1, -0.05) is 62.3 Å². The summed E-state index contributed by atoms with van der Waals surface area (Å²) < 4.78 is -0.0262. The van der Waals surface area contributed by atoms with Gasteiger partial charge in [-0.25, -0.2) is 0 Å². The van der Waals surface area contributed by atoms with E-state index in [-0.39, 0.29) is 2.33 Å². The van der Waals surface area contributed by atoms with Crippen LogP contribution in [-0.4, -0.2) is 19.4 Å². The maximum atomic E-state index is 10.5. The van der Waals surface area contributed by atoms with Crippen molar-refractivity contribution in [3.8, 4) is 0 Å². The van der Waals surface area contributed by atoms with Crippen LogP contribution in [0.3, 0.4) is 0 Å². The van der Waals surface area contributed by atoms with Gasteiger partial charge >= 0.3 is 5.97 Å². The topological polar surface area (TPSA) is 63.3 Å². The second kappa shape index (κ2) is 4.76. The number of allylic oxidation sites excluding steroid dienone is 3. The molecule has 3 nitrogen and oxygen atoms in total. The van der Waals surface area contributed by atoms with Crippen molar-refractivity contribution < 1.29 is 9.90 Å². The number of carboxylic acids is 1. The summed E-state index contributed by atoms with van der Waals surface area (Å²) >= 11 is 5.81. The number of rotatable bonds is 3. The van der Waals surface area contributed by atoms with Crippen LogP contribution < -0.4 is 5.73 Å². The van der Waals surface area contributed by atoms with Gasteiger partial charge in [0, 0.05) is 0 Å². The van der Waals surface area contributed by atoms with Gasteiger partial charge in [-0.3, -0.25) is 4.79 Å². The van der Waals surface area contributed by atoms with Crippen molar-refractivity contribution >= 4 is 44.5 Å². The average Bonchev–Trinajstić information content (AvgIpc) is 2.08. The molecule has 0 spiro atoms. The van der Waals surface area contributed by atoms with E-state index in [1.807, 2.05) is 18.2 Å². The largest absolute Gasteiger partial charge is 0.480 e. The van der Waals surface area contributed by atoms with Crippen molar-refractivity contribution in [3.05, 3.63) is 23.8 Å². The highest BCUT2D eigenvalue weighted by Gasteiger charge is 2.21. The Morgan fingerprint density at radius 2 is 2.50 bits per heavy atom. The highest BCUT2D eigenvalue weighted by Crippen LogP contribution is 2.36. The maximum absolute atomic E-state index is 10.5. The molecule has 1 rings (SSSR count). The number of nitrogens with two attached hydrogens (primary N) is 1. The van der Waals surface area contributed by atoms with Gasteiger partial charge in [0.15, 0.2) is 0 Å². The molecule has 0 saturated heterocycles. The molecule has 0 aliphatic heterocycles. The van der Waals surface area contributed by atoms with Gasteiger partial charge in [0.05, 0.1) is 2.33 Å². The van der Waals surface area contributed by atoms with Crippen molar-refractivity contribution in [1.29, 1.82) is 0 Å². The fourth-order valence-corrected chi connectivity index (χ4v) is 1.82. The number of aliphatic carboxylic acids is 1. The van der Waals surface area contributed by atoms with Crippen molar-refractivity contribution in [2.45, 2.75) is 21.2 Å². The Kier molecular flexibility index (Phi) is 4.15. The quantitative estimate of drug-likeness (QED) is 0.590. The molecule has 0 heterocycles. The van der Waals surface area contributed by atoms with Crippen molar-refractivity contribution in [1.82, 2.24) is 0 Å². The van der Waals surface area contributed by atoms with Crippen LogP contribution in [-0.2, 0) is 4.79 Å². The highest BCUT2D eigenvalue weighted by atomic mass is 127. The molecule has 0 bridgehead atoms. The molecule has 0 aromatic carbocycles. The van der Waals surface area contributed by atoms with E-state index in [0.29, 0.717) is 6.42 Å². The van der Waals surface area contributed by atoms with E-state index in [1.165, 1.54) is 0 Å². The molecule has 14 heavy (non-hydrogen) atoms. The molecular formula is C9H11BrINO2. The lowest BCUT2D eigenvalue weighted by Gasteiger charge is -2.19. The van der Waals surface area contributed by atoms with E-state index in [2.05, 4.69) is 38.5 Å². The first-order valence-electron chi connectivity index (χ1n) is 4.15. The first kappa shape index (κ1) is 12.2. The SMILES string of the molecule is NC(CC1=CCC(Br)(I)C=C1)C(=O)O. The standard InChI is InChI=1S/C9H11BrINO2/c10-9(11)3-1-6(2-4-9)5-7(12)8(13)14/h1-3,7H,4-5,12H2,(H,13,14). The van der Waals surface area contributed by atoms with E-state index < -0.39 is 12.0 Å². The zero-order valence-electron chi connectivity index (χ0n) is 7.41. The van der Waals surface area contributed by atoms with Gasteiger partial charge in [0.25, 0.3) is 0 Å². The Balaban J connectivity index is 2.54. The summed E-state index contributed by atoms with van der Waals surface area (Å²) in [4.78, 5) is 10.5. The van der Waals surface area contributed by atoms with Gasteiger partial charge in [0.1, 0.15) is 6.04 Å². The molecule has 0 aromatic heterocycles. The lowest BCUT2D eigenvalue weighted by atomic mass is 10.0. The van der Waals surface area contributed by atoms with Crippen molar-refractivity contribution in [2.24, 2.45) is 5.73 Å². The van der Waals surface area contributed by atoms with E-state index in [1.54, 1.807) is 0 Å². The predicted octanol–water partition coefficient (Wildman–Crippen LogP) is 2.20. The van der Waals surface area contributed by atoms with Crippen LogP contribution in [0, 0.1) is 0 Å². The normalized spacial score (nSPS) is 28.4. The number of carbonyl (C=O) groups is 1. The number of halogens is 2. The second-order valence-electron chi connectivity index (χ2n) is 3.23. The summed E-state index contributed by atoms with van der Waals surface area (Å²) in [7, 11) is 0. The van der Waals surface area contributed by atoms with Crippen LogP contribution >= 0.6 is 38.5 Å². The summed E-state index contributed by atoms with van der Waals surface area (Å²) in [5.74, 6) is -0.954. The number of hydrogen-bond donors (Lipinski definition) is 2. The monoisotopic (exact) mass is 371 g/mol. The minimum absolute atomic E-state index is 0.0262. The molecule has 1 aliphatic rings. The Hall–Kier alpha value is 0.120. The number of alkyl halides is 2. The van der Waals surface area contributed by atoms with Gasteiger partial charge in [0.2, 0.25) is 0 Å². The third-order valence-corrected chi connectivity index (χ3v) is 3.34. The maximum Gasteiger partial charge on any atom is 0.320 e. The van der Waals surface area contributed by atoms with Crippen LogP contribution in [0.1, 0.15) is 12.8 Å². The van der Waals surface area contributed by atoms with Gasteiger partial charge in [-0.05, 0) is 12.8 Å². The molecule has 5 heteroatoms. The first-order chi connectivity index (χ1) is 6.41. The molecule has 2 atom stereocenters. The van der Waals surface area contributed by atoms with E-state index in [0.717, 1.165) is 12.0 Å². The molecule has 0 radical (unpaired) electrons. The van der Waals surface area contributed by atoms with E-state index in [9.17, 15) is 4.79 Å². The summed E-state index contributed by atoms with van der Waals surface area (Å²) in [6.07, 6.45) is 7.20. The van der Waals surface area contributed by atoms with E-state index in [4.69, 9.17) is 10.8 Å². The molecule has 0 amide bonds. The van der Waals surface area contributed by atoms with Crippen LogP contribution in [0.4, 0.5) is 0 Å².